The Morgan fingerprint density at radius 2 is 0.981 bits per heavy atom. The molecule has 0 atom stereocenters. The minimum absolute atomic E-state index is 0.135. The minimum Gasteiger partial charge on any atom is -0.381 e. The van der Waals surface area contributed by atoms with Crippen molar-refractivity contribution in [1.82, 2.24) is 70.8 Å². The first-order valence-corrected chi connectivity index (χ1v) is 37.6. The third-order valence-electron chi connectivity index (χ3n) is 21.3. The van der Waals surface area contributed by atoms with Gasteiger partial charge in [0, 0.05) is 176 Å². The summed E-state index contributed by atoms with van der Waals surface area (Å²) in [5.74, 6) is -2.00. The molecule has 23 nitrogen and oxygen atoms in total. The molecule has 7 N–H and O–H groups in total. The molecule has 0 spiro atoms. The number of nitrogens with zero attached hydrogens (tertiary/aromatic N) is 9. The Labute approximate surface area is 613 Å². The van der Waals surface area contributed by atoms with E-state index in [0.29, 0.717) is 112 Å². The number of hydrogen-bond acceptors (Lipinski definition) is 17. The van der Waals surface area contributed by atoms with Crippen LogP contribution in [-0.4, -0.2) is 179 Å². The number of aryl methyl sites for hydroxylation is 4. The zero-order chi connectivity index (χ0) is 73.6. The van der Waals surface area contributed by atoms with Crippen molar-refractivity contribution in [1.29, 1.82) is 0 Å². The molecule has 14 rings (SSSR count). The number of carbonyl (C=O) groups excluding carboxylic acids is 5. The largest absolute Gasteiger partial charge is 0.381 e. The first-order valence-electron chi connectivity index (χ1n) is 37.6. The summed E-state index contributed by atoms with van der Waals surface area (Å²) < 4.78 is 44.8. The third kappa shape index (κ3) is 18.1. The number of rotatable bonds is 25. The second-order valence-corrected chi connectivity index (χ2v) is 28.6. The fourth-order valence-corrected chi connectivity index (χ4v) is 14.4. The van der Waals surface area contributed by atoms with Crippen molar-refractivity contribution in [3.8, 4) is 22.3 Å². The van der Waals surface area contributed by atoms with Gasteiger partial charge in [-0.3, -0.25) is 28.9 Å². The molecule has 0 unspecified atom stereocenters. The maximum Gasteiger partial charge on any atom is 0.235 e. The van der Waals surface area contributed by atoms with E-state index >= 15 is 4.39 Å². The van der Waals surface area contributed by atoms with E-state index in [2.05, 4.69) is 95.3 Å². The number of ether oxygens (including phenoxy) is 2. The summed E-state index contributed by atoms with van der Waals surface area (Å²) >= 11 is 0. The van der Waals surface area contributed by atoms with E-state index in [-0.39, 0.29) is 67.7 Å². The molecule has 2 aliphatic carbocycles. The van der Waals surface area contributed by atoms with E-state index in [1.54, 1.807) is 48.5 Å². The molecule has 558 valence electrons. The normalized spacial score (nSPS) is 17.5. The van der Waals surface area contributed by atoms with Crippen LogP contribution >= 0.6 is 0 Å². The molecule has 2 saturated carbocycles. The average Bonchev–Trinajstić information content (AvgIpc) is 1.66. The number of fused-ring (bicyclic) bond motifs is 2. The molecule has 25 heteroatoms. The maximum absolute atomic E-state index is 15.2. The quantitative estimate of drug-likeness (QED) is 0.0208. The Morgan fingerprint density at radius 3 is 1.40 bits per heavy atom. The van der Waals surface area contributed by atoms with Gasteiger partial charge < -0.3 is 56.5 Å². The van der Waals surface area contributed by atoms with Crippen LogP contribution in [0.1, 0.15) is 129 Å². The van der Waals surface area contributed by atoms with Gasteiger partial charge in [-0.2, -0.15) is 10.2 Å². The Kier molecular flexibility index (Phi) is 25.1. The molecule has 4 saturated heterocycles. The highest BCUT2D eigenvalue weighted by Crippen LogP contribution is 2.48. The van der Waals surface area contributed by atoms with Crippen LogP contribution in [-0.2, 0) is 87.3 Å². The smallest absolute Gasteiger partial charge is 0.235 e. The molecule has 4 aliphatic heterocycles. The summed E-state index contributed by atoms with van der Waals surface area (Å²) in [5, 5.41) is 33.8. The van der Waals surface area contributed by atoms with Gasteiger partial charge in [0.2, 0.25) is 23.6 Å². The molecule has 6 fully saturated rings. The molecular formula is C80H102F2N16O7. The number of piperazine rings is 2. The molecule has 0 bridgehead atoms. The highest BCUT2D eigenvalue weighted by atomic mass is 19.1. The lowest BCUT2D eigenvalue weighted by atomic mass is 9.99. The number of nitrogens with one attached hydrogen (secondary N) is 7. The van der Waals surface area contributed by atoms with Crippen LogP contribution in [0.2, 0.25) is 0 Å². The van der Waals surface area contributed by atoms with Crippen molar-refractivity contribution in [2.24, 2.45) is 10.8 Å². The molecule has 8 heterocycles. The second kappa shape index (κ2) is 34.9. The molecule has 8 aromatic rings. The van der Waals surface area contributed by atoms with Gasteiger partial charge in [-0.15, -0.1) is 0 Å². The molecule has 4 aromatic carbocycles. The van der Waals surface area contributed by atoms with Crippen molar-refractivity contribution in [3.63, 3.8) is 0 Å². The number of halogens is 2. The SMILES string of the molecule is CCc1nc2c(cnn2CC)c(NC2CCOCC2)c1CNC(=O)C1(C(=O)NCc2ccc(F)c(-c3cccc(C=O)c3)c2)CC1.CCc1nc2c(cnn2CC)c(NC2CCOCC2)c1CNC(=O)C1(C(=O)NCc2ccc(F)c(-c3cccc(CN4CCN(C)CC4)c3)c2)CC1.CN1CCNCC1. The van der Waals surface area contributed by atoms with Gasteiger partial charge in [-0.05, 0) is 156 Å². The molecular weight excluding hydrogens is 1330 g/mol. The van der Waals surface area contributed by atoms with Gasteiger partial charge in [-0.25, -0.2) is 28.1 Å². The Balaban J connectivity index is 0.000000181. The Bertz CT molecular complexity index is 4370. The van der Waals surface area contributed by atoms with Crippen LogP contribution in [0.3, 0.4) is 0 Å². The van der Waals surface area contributed by atoms with Gasteiger partial charge in [0.1, 0.15) is 28.8 Å². The van der Waals surface area contributed by atoms with Crippen molar-refractivity contribution >= 4 is 63.4 Å². The summed E-state index contributed by atoms with van der Waals surface area (Å²) in [6.07, 6.45) is 11.1. The first-order chi connectivity index (χ1) is 51.0. The lowest BCUT2D eigenvalue weighted by Crippen LogP contribution is -2.43. The lowest BCUT2D eigenvalue weighted by molar-refractivity contribution is -0.138. The van der Waals surface area contributed by atoms with E-state index in [1.807, 2.05) is 54.7 Å². The van der Waals surface area contributed by atoms with Crippen molar-refractivity contribution in [2.45, 2.75) is 150 Å². The highest BCUT2D eigenvalue weighted by Gasteiger charge is 2.57. The van der Waals surface area contributed by atoms with E-state index < -0.39 is 16.6 Å². The Morgan fingerprint density at radius 1 is 0.543 bits per heavy atom. The molecule has 4 amide bonds. The standard InChI is InChI=1S/C40H51FN8O3.C35H39FN6O4.C5H12N2/c1-4-35-32(36(45-30-11-19-52-20-12-30)33-25-44-49(5-2)37(33)46-35)24-43-39(51)40(13-14-40)38(50)42-23-27-9-10-34(41)31(22-27)29-8-6-7-28(21-29)26-48-17-15-47(3)16-18-48;1-3-30-27(31(40-25-10-14-46-15-11-25)28-20-39-42(4-2)32(28)41-30)19-38-34(45)35(12-13-35)33(44)37-18-22-8-9-29(36)26(17-22)24-7-5-6-23(16-24)21-43;1-7-4-2-6-3-5-7/h6-10,21-22,25,30H,4-5,11-20,23-24,26H2,1-3H3,(H,42,50)(H,43,51)(H,45,46);5-9,16-17,20-21,25H,3-4,10-15,18-19H2,1-2H3,(H,37,44)(H,38,45)(H,40,41);6H,2-5H2,1H3. The van der Waals surface area contributed by atoms with Crippen LogP contribution < -0.4 is 37.2 Å². The van der Waals surface area contributed by atoms with Gasteiger partial charge >= 0.3 is 0 Å². The number of pyridine rings is 2. The monoisotopic (exact) mass is 1440 g/mol. The maximum atomic E-state index is 15.2. The predicted molar refractivity (Wildman–Crippen MR) is 403 cm³/mol. The van der Waals surface area contributed by atoms with Gasteiger partial charge in [0.15, 0.2) is 11.3 Å². The molecule has 4 aromatic heterocycles. The summed E-state index contributed by atoms with van der Waals surface area (Å²) in [4.78, 5) is 82.5. The number of benzene rings is 4. The molecule has 6 aliphatic rings. The first kappa shape index (κ1) is 75.6. The summed E-state index contributed by atoms with van der Waals surface area (Å²) in [6.45, 7) is 22.8. The van der Waals surface area contributed by atoms with Crippen molar-refractivity contribution < 1.29 is 42.2 Å². The van der Waals surface area contributed by atoms with Gasteiger partial charge in [0.05, 0.1) is 34.5 Å². The Hall–Kier alpha value is -9.11. The zero-order valence-corrected chi connectivity index (χ0v) is 61.6. The second-order valence-electron chi connectivity index (χ2n) is 28.6. The number of aldehydes is 1. The van der Waals surface area contributed by atoms with E-state index in [1.165, 1.54) is 25.2 Å². The number of anilines is 2. The van der Waals surface area contributed by atoms with E-state index in [0.717, 1.165) is 144 Å². The van der Waals surface area contributed by atoms with Gasteiger partial charge in [-0.1, -0.05) is 62.4 Å². The predicted octanol–water partition coefficient (Wildman–Crippen LogP) is 9.33. The van der Waals surface area contributed by atoms with E-state index in [4.69, 9.17) is 19.4 Å². The summed E-state index contributed by atoms with van der Waals surface area (Å²) in [6, 6.07) is 24.8. The number of hydrogen-bond donors (Lipinski definition) is 7. The minimum atomic E-state index is -1.15. The number of amides is 4. The highest BCUT2D eigenvalue weighted by molar-refractivity contribution is 6.09. The number of aromatic nitrogens is 6. The van der Waals surface area contributed by atoms with Crippen LogP contribution in [0.4, 0.5) is 20.2 Å². The lowest BCUT2D eigenvalue weighted by Gasteiger charge is -2.32. The summed E-state index contributed by atoms with van der Waals surface area (Å²) in [5.41, 5.74) is 10.1. The molecule has 105 heavy (non-hydrogen) atoms. The van der Waals surface area contributed by atoms with Crippen LogP contribution in [0.25, 0.3) is 44.3 Å². The third-order valence-corrected chi connectivity index (χ3v) is 21.3. The van der Waals surface area contributed by atoms with Gasteiger partial charge in [0.25, 0.3) is 0 Å². The van der Waals surface area contributed by atoms with Crippen LogP contribution in [0.5, 0.6) is 0 Å². The van der Waals surface area contributed by atoms with Crippen molar-refractivity contribution in [2.75, 3.05) is 104 Å². The van der Waals surface area contributed by atoms with Crippen LogP contribution in [0, 0.1) is 22.5 Å². The number of carbonyl (C=O) groups is 5. The summed E-state index contributed by atoms with van der Waals surface area (Å²) in [7, 11) is 4.30. The zero-order valence-electron chi connectivity index (χ0n) is 61.6. The molecule has 0 radical (unpaired) electrons. The fourth-order valence-electron chi connectivity index (χ4n) is 14.4. The average molecular weight is 1440 g/mol. The number of likely N-dealkylation sites (N-methyl/N-ethyl adjacent to an activating group) is 2. The van der Waals surface area contributed by atoms with E-state index in [9.17, 15) is 28.4 Å². The van der Waals surface area contributed by atoms with Crippen LogP contribution in [0.15, 0.2) is 97.3 Å². The topological polar surface area (TPSA) is 259 Å². The fraction of sp³-hybridized carbons (Fsp3) is 0.487. The van der Waals surface area contributed by atoms with Crippen molar-refractivity contribution in [3.05, 3.63) is 154 Å².